The van der Waals surface area contributed by atoms with Crippen molar-refractivity contribution in [2.75, 3.05) is 24.2 Å². The molecule has 1 aliphatic heterocycles. The predicted molar refractivity (Wildman–Crippen MR) is 108 cm³/mol. The fourth-order valence-electron chi connectivity index (χ4n) is 3.06. The number of anilines is 2. The van der Waals surface area contributed by atoms with Gasteiger partial charge in [0, 0.05) is 38.1 Å². The first kappa shape index (κ1) is 18.7. The van der Waals surface area contributed by atoms with Crippen molar-refractivity contribution in [1.29, 1.82) is 5.41 Å². The zero-order valence-electron chi connectivity index (χ0n) is 16.0. The van der Waals surface area contributed by atoms with Crippen LogP contribution < -0.4 is 26.6 Å². The molecular weight excluding hydrogens is 374 g/mol. The van der Waals surface area contributed by atoms with Gasteiger partial charge >= 0.3 is 0 Å². The van der Waals surface area contributed by atoms with Crippen molar-refractivity contribution in [1.82, 2.24) is 30.5 Å². The summed E-state index contributed by atoms with van der Waals surface area (Å²) in [4.78, 5) is 28.7. The van der Waals surface area contributed by atoms with Gasteiger partial charge in [-0.15, -0.1) is 0 Å². The number of amides is 2. The highest BCUT2D eigenvalue weighted by molar-refractivity contribution is 6.00. The summed E-state index contributed by atoms with van der Waals surface area (Å²) in [5.41, 5.74) is 1.22. The second kappa shape index (κ2) is 7.78. The van der Waals surface area contributed by atoms with Crippen LogP contribution in [0.3, 0.4) is 0 Å². The molecule has 2 amide bonds. The third-order valence-corrected chi connectivity index (χ3v) is 4.80. The molecule has 2 fully saturated rings. The van der Waals surface area contributed by atoms with Crippen LogP contribution in [0.25, 0.3) is 5.65 Å². The number of aromatic nitrogens is 3. The number of rotatable bonds is 8. The minimum Gasteiger partial charge on any atom is -0.378 e. The first-order valence-corrected chi connectivity index (χ1v) is 9.48. The molecule has 2 aliphatic rings. The number of nitrogens with one attached hydrogen (secondary N) is 6. The average molecular weight is 397 g/mol. The van der Waals surface area contributed by atoms with Crippen LogP contribution in [-0.4, -0.2) is 58.3 Å². The van der Waals surface area contributed by atoms with Crippen LogP contribution in [0.5, 0.6) is 0 Å². The van der Waals surface area contributed by atoms with E-state index in [9.17, 15) is 9.59 Å². The van der Waals surface area contributed by atoms with Gasteiger partial charge in [-0.1, -0.05) is 0 Å². The molecule has 0 spiro atoms. The van der Waals surface area contributed by atoms with E-state index in [0.717, 1.165) is 19.1 Å². The van der Waals surface area contributed by atoms with Gasteiger partial charge in [0.25, 0.3) is 5.91 Å². The third-order valence-electron chi connectivity index (χ3n) is 4.80. The lowest BCUT2D eigenvalue weighted by atomic mass is 10.2. The third kappa shape index (κ3) is 3.98. The summed E-state index contributed by atoms with van der Waals surface area (Å²) in [6, 6.07) is 1.64. The maximum absolute atomic E-state index is 12.5. The quantitative estimate of drug-likeness (QED) is 0.345. The molecule has 0 aromatic carbocycles. The summed E-state index contributed by atoms with van der Waals surface area (Å²) < 4.78 is 1.56. The molecule has 1 saturated heterocycles. The van der Waals surface area contributed by atoms with Crippen LogP contribution in [0.4, 0.5) is 11.6 Å². The summed E-state index contributed by atoms with van der Waals surface area (Å²) in [6.45, 7) is 0.633. The number of hydrogen-bond acceptors (Lipinski definition) is 8. The van der Waals surface area contributed by atoms with E-state index in [0.29, 0.717) is 41.5 Å². The second-order valence-corrected chi connectivity index (χ2v) is 6.99. The van der Waals surface area contributed by atoms with E-state index in [1.165, 1.54) is 6.20 Å². The molecule has 3 heterocycles. The number of carbonyl (C=O) groups excluding carboxylic acids is 2. The number of carbonyl (C=O) groups is 2. The molecule has 2 aromatic rings. The van der Waals surface area contributed by atoms with Crippen LogP contribution in [0.1, 0.15) is 29.6 Å². The normalized spacial score (nSPS) is 19.0. The number of nitrogens with zero attached hydrogens (tertiary/aromatic N) is 3. The van der Waals surface area contributed by atoms with Crippen molar-refractivity contribution < 1.29 is 9.59 Å². The zero-order valence-corrected chi connectivity index (χ0v) is 16.0. The van der Waals surface area contributed by atoms with Gasteiger partial charge in [-0.2, -0.15) is 9.61 Å². The fourth-order valence-corrected chi connectivity index (χ4v) is 3.06. The van der Waals surface area contributed by atoms with Gasteiger partial charge in [0.05, 0.1) is 11.9 Å². The highest BCUT2D eigenvalue weighted by Crippen LogP contribution is 2.22. The molecule has 0 bridgehead atoms. The van der Waals surface area contributed by atoms with Crippen LogP contribution in [-0.2, 0) is 4.79 Å². The Morgan fingerprint density at radius 1 is 1.38 bits per heavy atom. The Kier molecular flexibility index (Phi) is 5.02. The molecule has 11 nitrogen and oxygen atoms in total. The van der Waals surface area contributed by atoms with Crippen molar-refractivity contribution in [3.63, 3.8) is 0 Å². The van der Waals surface area contributed by atoms with E-state index in [1.54, 1.807) is 23.8 Å². The van der Waals surface area contributed by atoms with Gasteiger partial charge in [-0.3, -0.25) is 9.59 Å². The van der Waals surface area contributed by atoms with E-state index < -0.39 is 0 Å². The van der Waals surface area contributed by atoms with E-state index >= 15 is 0 Å². The Hall–Kier alpha value is -3.63. The summed E-state index contributed by atoms with van der Waals surface area (Å²) in [5.74, 6) is 0.810. The molecular formula is C18H23N9O2. The molecule has 29 heavy (non-hydrogen) atoms. The average Bonchev–Trinajstić information content (AvgIpc) is 3.27. The maximum atomic E-state index is 12.5. The van der Waals surface area contributed by atoms with Crippen molar-refractivity contribution in [3.8, 4) is 0 Å². The summed E-state index contributed by atoms with van der Waals surface area (Å²) in [6.07, 6.45) is 6.87. The highest BCUT2D eigenvalue weighted by atomic mass is 16.2. The second-order valence-electron chi connectivity index (χ2n) is 6.99. The van der Waals surface area contributed by atoms with Crippen LogP contribution in [0.15, 0.2) is 24.2 Å². The smallest absolute Gasteiger partial charge is 0.256 e. The van der Waals surface area contributed by atoms with E-state index in [4.69, 9.17) is 5.41 Å². The van der Waals surface area contributed by atoms with Crippen LogP contribution >= 0.6 is 0 Å². The molecule has 1 atom stereocenters. The van der Waals surface area contributed by atoms with Gasteiger partial charge in [0.1, 0.15) is 23.2 Å². The Bertz CT molecular complexity index is 993. The zero-order chi connectivity index (χ0) is 20.4. The van der Waals surface area contributed by atoms with E-state index in [-0.39, 0.29) is 23.9 Å². The number of fused-ring (bicyclic) bond motifs is 1. The first-order valence-electron chi connectivity index (χ1n) is 9.48. The molecule has 1 saturated carbocycles. The minimum absolute atomic E-state index is 0.0619. The van der Waals surface area contributed by atoms with Gasteiger partial charge in [0.2, 0.25) is 5.91 Å². The standard InChI is InChI=1S/C18H23N9O2/c1-20-15-6-14(24-11(7-19)8-22-13-4-5-21-18(13)29)26-16-12(9-23-27(15)16)17(28)25-10-2-3-10/h6-10,13,19-20,22H,2-5H2,1H3,(H,21,29)(H,24,26)(H,25,28)/b11-8+,19-7?. The monoisotopic (exact) mass is 397 g/mol. The first-order chi connectivity index (χ1) is 14.1. The predicted octanol–water partition coefficient (Wildman–Crippen LogP) is 0.0442. The summed E-state index contributed by atoms with van der Waals surface area (Å²) in [7, 11) is 1.75. The number of hydrogen-bond donors (Lipinski definition) is 6. The molecule has 152 valence electrons. The van der Waals surface area contributed by atoms with Gasteiger partial charge < -0.3 is 32.0 Å². The van der Waals surface area contributed by atoms with E-state index in [1.807, 2.05) is 0 Å². The molecule has 1 unspecified atom stereocenters. The fraction of sp³-hybridized carbons (Fsp3) is 0.389. The maximum Gasteiger partial charge on any atom is 0.256 e. The Balaban J connectivity index is 1.59. The largest absolute Gasteiger partial charge is 0.378 e. The van der Waals surface area contributed by atoms with Crippen molar-refractivity contribution in [3.05, 3.63) is 29.7 Å². The summed E-state index contributed by atoms with van der Waals surface area (Å²) >= 11 is 0. The molecule has 2 aromatic heterocycles. The minimum atomic E-state index is -0.317. The SMILES string of the molecule is CNc1cc(N/C(C=N)=C/NC2CCNC2=O)nc2c(C(=O)NC3CC3)cnn12. The topological polar surface area (TPSA) is 148 Å². The Morgan fingerprint density at radius 2 is 2.21 bits per heavy atom. The molecule has 11 heteroatoms. The van der Waals surface area contributed by atoms with Gasteiger partial charge in [-0.25, -0.2) is 4.98 Å². The van der Waals surface area contributed by atoms with Crippen molar-refractivity contribution >= 4 is 35.3 Å². The lowest BCUT2D eigenvalue weighted by Gasteiger charge is -2.12. The lowest BCUT2D eigenvalue weighted by Crippen LogP contribution is -2.33. The van der Waals surface area contributed by atoms with Crippen LogP contribution in [0.2, 0.25) is 0 Å². The Morgan fingerprint density at radius 3 is 2.86 bits per heavy atom. The Labute approximate surface area is 166 Å². The molecule has 1 aliphatic carbocycles. The molecule has 4 rings (SSSR count). The van der Waals surface area contributed by atoms with E-state index in [2.05, 4.69) is 36.7 Å². The lowest BCUT2D eigenvalue weighted by molar-refractivity contribution is -0.120. The van der Waals surface area contributed by atoms with Gasteiger partial charge in [0.15, 0.2) is 5.65 Å². The summed E-state index contributed by atoms with van der Waals surface area (Å²) in [5, 5.41) is 26.7. The van der Waals surface area contributed by atoms with Gasteiger partial charge in [-0.05, 0) is 19.3 Å². The van der Waals surface area contributed by atoms with Crippen LogP contribution in [0, 0.1) is 5.41 Å². The van der Waals surface area contributed by atoms with Crippen molar-refractivity contribution in [2.24, 2.45) is 0 Å². The molecule has 6 N–H and O–H groups in total. The van der Waals surface area contributed by atoms with Crippen molar-refractivity contribution in [2.45, 2.75) is 31.3 Å². The highest BCUT2D eigenvalue weighted by Gasteiger charge is 2.26. The molecule has 0 radical (unpaired) electrons. The number of allylic oxidation sites excluding steroid dienone is 1.